The Balaban J connectivity index is 1.85. The molecule has 4 atom stereocenters. The molecule has 1 saturated heterocycles. The van der Waals surface area contributed by atoms with E-state index in [1.165, 1.54) is 37.9 Å². The van der Waals surface area contributed by atoms with Crippen molar-refractivity contribution >= 4 is 11.8 Å². The third kappa shape index (κ3) is 2.89. The molecule has 1 aliphatic carbocycles. The minimum absolute atomic E-state index is 0.367. The summed E-state index contributed by atoms with van der Waals surface area (Å²) in [6, 6.07) is 1.27. The Morgan fingerprint density at radius 2 is 2.00 bits per heavy atom. The van der Waals surface area contributed by atoms with Crippen LogP contribution in [0.5, 0.6) is 0 Å². The van der Waals surface area contributed by atoms with Gasteiger partial charge in [0.15, 0.2) is 0 Å². The molecule has 2 N–H and O–H groups in total. The van der Waals surface area contributed by atoms with E-state index < -0.39 is 0 Å². The highest BCUT2D eigenvalue weighted by Gasteiger charge is 2.30. The molecule has 2 aliphatic rings. The molecule has 0 aromatic heterocycles. The summed E-state index contributed by atoms with van der Waals surface area (Å²) in [6.07, 6.45) is 6.42. The third-order valence-electron chi connectivity index (χ3n) is 3.95. The zero-order valence-electron chi connectivity index (χ0n) is 9.61. The van der Waals surface area contributed by atoms with E-state index in [4.69, 9.17) is 0 Å². The van der Waals surface area contributed by atoms with Crippen molar-refractivity contribution in [2.24, 2.45) is 5.92 Å². The van der Waals surface area contributed by atoms with Gasteiger partial charge in [-0.1, -0.05) is 19.8 Å². The van der Waals surface area contributed by atoms with Crippen LogP contribution in [0.2, 0.25) is 0 Å². The van der Waals surface area contributed by atoms with Crippen molar-refractivity contribution in [3.8, 4) is 0 Å². The Kier molecular flexibility index (Phi) is 4.35. The molecule has 0 bridgehead atoms. The molecule has 2 fully saturated rings. The highest BCUT2D eigenvalue weighted by molar-refractivity contribution is 8.00. The molecule has 2 rings (SSSR count). The van der Waals surface area contributed by atoms with Crippen molar-refractivity contribution in [3.05, 3.63) is 0 Å². The van der Waals surface area contributed by atoms with Crippen molar-refractivity contribution in [2.45, 2.75) is 56.4 Å². The predicted octanol–water partition coefficient (Wildman–Crippen LogP) is 2.02. The lowest BCUT2D eigenvalue weighted by molar-refractivity contribution is 0.146. The smallest absolute Gasteiger partial charge is 0.0474 e. The molecular formula is C12H23NOS. The second-order valence-electron chi connectivity index (χ2n) is 4.97. The quantitative estimate of drug-likeness (QED) is 0.776. The predicted molar refractivity (Wildman–Crippen MR) is 66.3 cm³/mol. The van der Waals surface area contributed by atoms with Crippen molar-refractivity contribution in [1.82, 2.24) is 5.32 Å². The number of aliphatic hydroxyl groups excluding tert-OH is 1. The van der Waals surface area contributed by atoms with Crippen molar-refractivity contribution in [2.75, 3.05) is 12.4 Å². The molecule has 3 heteroatoms. The van der Waals surface area contributed by atoms with Gasteiger partial charge < -0.3 is 10.4 Å². The second-order valence-corrected chi connectivity index (χ2v) is 6.46. The summed E-state index contributed by atoms with van der Waals surface area (Å²) in [6.45, 7) is 2.69. The van der Waals surface area contributed by atoms with Gasteiger partial charge in [0, 0.05) is 23.9 Å². The molecule has 1 aliphatic heterocycles. The highest BCUT2D eigenvalue weighted by Crippen LogP contribution is 2.30. The van der Waals surface area contributed by atoms with Gasteiger partial charge in [-0.3, -0.25) is 0 Å². The Hall–Kier alpha value is 0.270. The van der Waals surface area contributed by atoms with Gasteiger partial charge in [-0.05, 0) is 30.9 Å². The Morgan fingerprint density at radius 1 is 1.20 bits per heavy atom. The van der Waals surface area contributed by atoms with Gasteiger partial charge in [0.1, 0.15) is 0 Å². The second kappa shape index (κ2) is 5.55. The number of nitrogens with one attached hydrogen (secondary N) is 1. The first-order chi connectivity index (χ1) is 7.31. The molecule has 0 spiro atoms. The van der Waals surface area contributed by atoms with Crippen LogP contribution in [0.25, 0.3) is 0 Å². The van der Waals surface area contributed by atoms with Crippen molar-refractivity contribution in [3.63, 3.8) is 0 Å². The minimum atomic E-state index is 0.367. The first kappa shape index (κ1) is 11.7. The number of hydrogen-bond donors (Lipinski definition) is 2. The molecule has 15 heavy (non-hydrogen) atoms. The average Bonchev–Trinajstić information content (AvgIpc) is 2.65. The van der Waals surface area contributed by atoms with E-state index in [0.29, 0.717) is 24.6 Å². The first-order valence-corrected chi connectivity index (χ1v) is 7.34. The Bertz CT molecular complexity index is 200. The van der Waals surface area contributed by atoms with Crippen LogP contribution >= 0.6 is 11.8 Å². The molecular weight excluding hydrogens is 206 g/mol. The van der Waals surface area contributed by atoms with E-state index in [1.54, 1.807) is 0 Å². The Labute approximate surface area is 97.2 Å². The summed E-state index contributed by atoms with van der Waals surface area (Å²) in [4.78, 5) is 0. The monoisotopic (exact) mass is 229 g/mol. The Morgan fingerprint density at radius 3 is 2.67 bits per heavy atom. The molecule has 1 saturated carbocycles. The largest absolute Gasteiger partial charge is 0.396 e. The van der Waals surface area contributed by atoms with Crippen LogP contribution in [-0.4, -0.2) is 34.8 Å². The van der Waals surface area contributed by atoms with Crippen LogP contribution in [0.1, 0.15) is 39.0 Å². The van der Waals surface area contributed by atoms with E-state index >= 15 is 0 Å². The van der Waals surface area contributed by atoms with Gasteiger partial charge in [0.25, 0.3) is 0 Å². The SMILES string of the molecule is CC1SCCC1NC1CCCCC1CO. The lowest BCUT2D eigenvalue weighted by atomic mass is 9.84. The van der Waals surface area contributed by atoms with Crippen LogP contribution in [0.4, 0.5) is 0 Å². The van der Waals surface area contributed by atoms with Crippen molar-refractivity contribution in [1.29, 1.82) is 0 Å². The lowest BCUT2D eigenvalue weighted by Crippen LogP contribution is -2.47. The fourth-order valence-corrected chi connectivity index (χ4v) is 4.08. The zero-order chi connectivity index (χ0) is 10.7. The number of hydrogen-bond acceptors (Lipinski definition) is 3. The third-order valence-corrected chi connectivity index (χ3v) is 5.27. The summed E-state index contributed by atoms with van der Waals surface area (Å²) < 4.78 is 0. The highest BCUT2D eigenvalue weighted by atomic mass is 32.2. The summed E-state index contributed by atoms with van der Waals surface area (Å²) in [7, 11) is 0. The maximum absolute atomic E-state index is 9.36. The zero-order valence-corrected chi connectivity index (χ0v) is 10.4. The molecule has 88 valence electrons. The molecule has 0 aromatic rings. The van der Waals surface area contributed by atoms with Gasteiger partial charge in [-0.2, -0.15) is 11.8 Å². The minimum Gasteiger partial charge on any atom is -0.396 e. The molecule has 4 unspecified atom stereocenters. The van der Waals surface area contributed by atoms with Crippen LogP contribution in [0, 0.1) is 5.92 Å². The average molecular weight is 229 g/mol. The summed E-state index contributed by atoms with van der Waals surface area (Å²) in [5.74, 6) is 1.81. The van der Waals surface area contributed by atoms with Crippen LogP contribution in [0.3, 0.4) is 0 Å². The standard InChI is InChI=1S/C12H23NOS/c1-9-11(6-7-15-9)13-12-5-3-2-4-10(12)8-14/h9-14H,2-8H2,1H3. The van der Waals surface area contributed by atoms with E-state index in [1.807, 2.05) is 0 Å². The van der Waals surface area contributed by atoms with Crippen molar-refractivity contribution < 1.29 is 5.11 Å². The molecule has 0 aromatic carbocycles. The molecule has 1 heterocycles. The van der Waals surface area contributed by atoms with Gasteiger partial charge in [0.2, 0.25) is 0 Å². The fraction of sp³-hybridized carbons (Fsp3) is 1.00. The van der Waals surface area contributed by atoms with Gasteiger partial charge in [-0.15, -0.1) is 0 Å². The number of thioether (sulfide) groups is 1. The summed E-state index contributed by atoms with van der Waals surface area (Å²) in [5, 5.41) is 13.9. The summed E-state index contributed by atoms with van der Waals surface area (Å²) in [5.41, 5.74) is 0. The van der Waals surface area contributed by atoms with Crippen LogP contribution in [-0.2, 0) is 0 Å². The lowest BCUT2D eigenvalue weighted by Gasteiger charge is -2.34. The number of rotatable bonds is 3. The van der Waals surface area contributed by atoms with Gasteiger partial charge >= 0.3 is 0 Å². The first-order valence-electron chi connectivity index (χ1n) is 6.29. The van der Waals surface area contributed by atoms with Gasteiger partial charge in [-0.25, -0.2) is 0 Å². The summed E-state index contributed by atoms with van der Waals surface area (Å²) >= 11 is 2.08. The van der Waals surface area contributed by atoms with E-state index in [-0.39, 0.29) is 0 Å². The topological polar surface area (TPSA) is 32.3 Å². The molecule has 0 radical (unpaired) electrons. The number of aliphatic hydroxyl groups is 1. The van der Waals surface area contributed by atoms with E-state index in [9.17, 15) is 5.11 Å². The van der Waals surface area contributed by atoms with E-state index in [0.717, 1.165) is 5.25 Å². The normalized spacial score (nSPS) is 42.0. The fourth-order valence-electron chi connectivity index (χ4n) is 2.87. The maximum atomic E-state index is 9.36. The maximum Gasteiger partial charge on any atom is 0.0474 e. The van der Waals surface area contributed by atoms with Crippen LogP contribution < -0.4 is 5.32 Å². The van der Waals surface area contributed by atoms with Crippen LogP contribution in [0.15, 0.2) is 0 Å². The molecule has 2 nitrogen and oxygen atoms in total. The van der Waals surface area contributed by atoms with Gasteiger partial charge in [0.05, 0.1) is 0 Å². The van der Waals surface area contributed by atoms with E-state index in [2.05, 4.69) is 24.0 Å². The molecule has 0 amide bonds.